The number of fused-ring (bicyclic) bond motifs is 1. The van der Waals surface area contributed by atoms with Crippen LogP contribution >= 0.6 is 11.3 Å². The van der Waals surface area contributed by atoms with Crippen molar-refractivity contribution in [1.29, 1.82) is 0 Å². The van der Waals surface area contributed by atoms with Gasteiger partial charge >= 0.3 is 5.97 Å². The van der Waals surface area contributed by atoms with Crippen molar-refractivity contribution in [3.8, 4) is 5.75 Å². The zero-order valence-corrected chi connectivity index (χ0v) is 18.8. The van der Waals surface area contributed by atoms with Gasteiger partial charge in [-0.05, 0) is 57.0 Å². The molecule has 0 aliphatic heterocycles. The van der Waals surface area contributed by atoms with E-state index in [-0.39, 0.29) is 12.1 Å². The second-order valence-electron chi connectivity index (χ2n) is 7.47. The molecule has 0 spiro atoms. The van der Waals surface area contributed by atoms with E-state index in [2.05, 4.69) is 22.2 Å². The minimum absolute atomic E-state index is 0.168. The van der Waals surface area contributed by atoms with Crippen molar-refractivity contribution in [3.05, 3.63) is 41.0 Å². The third-order valence-corrected chi connectivity index (χ3v) is 5.82. The number of hydrogen-bond acceptors (Lipinski definition) is 7. The van der Waals surface area contributed by atoms with Gasteiger partial charge in [-0.2, -0.15) is 0 Å². The molecule has 160 valence electrons. The number of carbonyl (C=O) groups excluding carboxylic acids is 1. The van der Waals surface area contributed by atoms with E-state index < -0.39 is 0 Å². The Labute approximate surface area is 181 Å². The van der Waals surface area contributed by atoms with Crippen LogP contribution in [0, 0.1) is 6.92 Å². The molecule has 0 bridgehead atoms. The first-order chi connectivity index (χ1) is 14.5. The quantitative estimate of drug-likeness (QED) is 0.304. The minimum Gasteiger partial charge on any atom is -0.494 e. The zero-order chi connectivity index (χ0) is 21.5. The van der Waals surface area contributed by atoms with Gasteiger partial charge in [0.25, 0.3) is 0 Å². The summed E-state index contributed by atoms with van der Waals surface area (Å²) >= 11 is 1.33. The Morgan fingerprint density at radius 2 is 1.90 bits per heavy atom. The first-order valence-electron chi connectivity index (χ1n) is 10.4. The Bertz CT molecular complexity index is 983. The lowest BCUT2D eigenvalue weighted by atomic mass is 10.2. The molecule has 0 saturated carbocycles. The van der Waals surface area contributed by atoms with Crippen LogP contribution in [0.3, 0.4) is 0 Å². The number of nitrogens with zero attached hydrogens (tertiary/aromatic N) is 2. The number of esters is 1. The molecule has 1 aromatic carbocycles. The average Bonchev–Trinajstić information content (AvgIpc) is 3.06. The number of hydrogen-bond donors (Lipinski definition) is 1. The van der Waals surface area contributed by atoms with Crippen molar-refractivity contribution in [3.63, 3.8) is 0 Å². The third-order valence-electron chi connectivity index (χ3n) is 4.64. The van der Waals surface area contributed by atoms with Gasteiger partial charge in [-0.15, -0.1) is 11.3 Å². The molecule has 6 nitrogen and oxygen atoms in total. The second kappa shape index (κ2) is 10.4. The molecule has 0 amide bonds. The standard InChI is InChI=1S/C23H29N3O3S/c1-5-6-7-8-13-28-18-11-9-17(10-12-18)26-21-19-16(4)20(23(27)29-15(2)3)30-22(19)25-14-24-21/h9-12,14-15H,5-8,13H2,1-4H3,(H,24,25,26). The van der Waals surface area contributed by atoms with E-state index in [0.29, 0.717) is 10.7 Å². The normalized spacial score (nSPS) is 11.1. The van der Waals surface area contributed by atoms with E-state index in [9.17, 15) is 4.79 Å². The molecule has 0 unspecified atom stereocenters. The highest BCUT2D eigenvalue weighted by atomic mass is 32.1. The van der Waals surface area contributed by atoms with Gasteiger partial charge < -0.3 is 14.8 Å². The maximum atomic E-state index is 12.4. The van der Waals surface area contributed by atoms with Gasteiger partial charge in [-0.1, -0.05) is 26.2 Å². The largest absolute Gasteiger partial charge is 0.494 e. The molecule has 30 heavy (non-hydrogen) atoms. The van der Waals surface area contributed by atoms with Crippen molar-refractivity contribution in [2.45, 2.75) is 59.5 Å². The van der Waals surface area contributed by atoms with Crippen LogP contribution in [0.15, 0.2) is 30.6 Å². The number of aryl methyl sites for hydroxylation is 1. The minimum atomic E-state index is -0.322. The fraction of sp³-hybridized carbons (Fsp3) is 0.435. The Morgan fingerprint density at radius 1 is 1.13 bits per heavy atom. The Morgan fingerprint density at radius 3 is 2.60 bits per heavy atom. The number of ether oxygens (including phenoxy) is 2. The molecule has 0 fully saturated rings. The molecule has 7 heteroatoms. The third kappa shape index (κ3) is 5.48. The first-order valence-corrected chi connectivity index (χ1v) is 11.3. The van der Waals surface area contributed by atoms with Crippen molar-refractivity contribution in [2.75, 3.05) is 11.9 Å². The predicted octanol–water partition coefficient (Wildman–Crippen LogP) is 6.27. The smallest absolute Gasteiger partial charge is 0.348 e. The average molecular weight is 428 g/mol. The van der Waals surface area contributed by atoms with Crippen LogP contribution in [0.5, 0.6) is 5.75 Å². The summed E-state index contributed by atoms with van der Waals surface area (Å²) in [5, 5.41) is 4.18. The van der Waals surface area contributed by atoms with Crippen LogP contribution in [0.4, 0.5) is 11.5 Å². The van der Waals surface area contributed by atoms with Gasteiger partial charge in [0, 0.05) is 5.69 Å². The summed E-state index contributed by atoms with van der Waals surface area (Å²) in [6.07, 6.45) is 6.09. The molecule has 0 aliphatic carbocycles. The Balaban J connectivity index is 1.73. The number of unbranched alkanes of at least 4 members (excludes halogenated alkanes) is 3. The van der Waals surface area contributed by atoms with Gasteiger partial charge in [0.15, 0.2) is 0 Å². The van der Waals surface area contributed by atoms with Crippen LogP contribution < -0.4 is 10.1 Å². The number of nitrogens with one attached hydrogen (secondary N) is 1. The molecule has 0 radical (unpaired) electrons. The molecule has 3 aromatic rings. The van der Waals surface area contributed by atoms with Crippen molar-refractivity contribution < 1.29 is 14.3 Å². The lowest BCUT2D eigenvalue weighted by Gasteiger charge is -2.10. The summed E-state index contributed by atoms with van der Waals surface area (Å²) < 4.78 is 11.2. The number of rotatable bonds is 10. The van der Waals surface area contributed by atoms with Crippen molar-refractivity contribution in [1.82, 2.24) is 9.97 Å². The van der Waals surface area contributed by atoms with Gasteiger partial charge in [0.2, 0.25) is 0 Å². The number of benzene rings is 1. The summed E-state index contributed by atoms with van der Waals surface area (Å²) in [5.74, 6) is 1.21. The fourth-order valence-corrected chi connectivity index (χ4v) is 4.15. The van der Waals surface area contributed by atoms with E-state index in [1.54, 1.807) is 0 Å². The molecule has 2 heterocycles. The number of carbonyl (C=O) groups is 1. The van der Waals surface area contributed by atoms with Crippen LogP contribution in [0.1, 0.15) is 61.7 Å². The second-order valence-corrected chi connectivity index (χ2v) is 8.47. The van der Waals surface area contributed by atoms with Crippen LogP contribution in [0.2, 0.25) is 0 Å². The highest BCUT2D eigenvalue weighted by Crippen LogP contribution is 2.35. The molecule has 0 atom stereocenters. The van der Waals surface area contributed by atoms with E-state index >= 15 is 0 Å². The first kappa shape index (κ1) is 22.0. The lowest BCUT2D eigenvalue weighted by Crippen LogP contribution is -2.11. The highest BCUT2D eigenvalue weighted by molar-refractivity contribution is 7.20. The van der Waals surface area contributed by atoms with Gasteiger partial charge in [0.05, 0.1) is 18.1 Å². The van der Waals surface area contributed by atoms with E-state index in [1.807, 2.05) is 45.0 Å². The summed E-state index contributed by atoms with van der Waals surface area (Å²) in [5.41, 5.74) is 1.72. The summed E-state index contributed by atoms with van der Waals surface area (Å²) in [4.78, 5) is 22.5. The highest BCUT2D eigenvalue weighted by Gasteiger charge is 2.21. The Kier molecular flexibility index (Phi) is 7.63. The molecule has 0 aliphatic rings. The maximum absolute atomic E-state index is 12.4. The molecule has 3 rings (SSSR count). The van der Waals surface area contributed by atoms with Gasteiger partial charge in [-0.3, -0.25) is 0 Å². The van der Waals surface area contributed by atoms with Gasteiger partial charge in [-0.25, -0.2) is 14.8 Å². The predicted molar refractivity (Wildman–Crippen MR) is 122 cm³/mol. The molecule has 1 N–H and O–H groups in total. The van der Waals surface area contributed by atoms with Gasteiger partial charge in [0.1, 0.15) is 27.6 Å². The topological polar surface area (TPSA) is 73.3 Å². The molecule has 0 saturated heterocycles. The Hall–Kier alpha value is -2.67. The molecular formula is C23H29N3O3S. The van der Waals surface area contributed by atoms with Crippen LogP contribution in [0.25, 0.3) is 10.2 Å². The summed E-state index contributed by atoms with van der Waals surface area (Å²) in [7, 11) is 0. The van der Waals surface area contributed by atoms with E-state index in [1.165, 1.54) is 36.9 Å². The maximum Gasteiger partial charge on any atom is 0.348 e. The van der Waals surface area contributed by atoms with E-state index in [0.717, 1.165) is 40.2 Å². The fourth-order valence-electron chi connectivity index (χ4n) is 3.12. The van der Waals surface area contributed by atoms with Crippen LogP contribution in [-0.4, -0.2) is 28.6 Å². The van der Waals surface area contributed by atoms with Crippen molar-refractivity contribution >= 4 is 39.0 Å². The number of anilines is 2. The molecular weight excluding hydrogens is 398 g/mol. The van der Waals surface area contributed by atoms with Crippen molar-refractivity contribution in [2.24, 2.45) is 0 Å². The number of aromatic nitrogens is 2. The lowest BCUT2D eigenvalue weighted by molar-refractivity contribution is 0.0383. The summed E-state index contributed by atoms with van der Waals surface area (Å²) in [6.45, 7) is 8.52. The molecule has 2 aromatic heterocycles. The van der Waals surface area contributed by atoms with E-state index in [4.69, 9.17) is 9.47 Å². The SMILES string of the molecule is CCCCCCOc1ccc(Nc2ncnc3sc(C(=O)OC(C)C)c(C)c23)cc1. The number of thiophene rings is 1. The summed E-state index contributed by atoms with van der Waals surface area (Å²) in [6, 6.07) is 7.83. The van der Waals surface area contributed by atoms with Crippen LogP contribution in [-0.2, 0) is 4.74 Å². The zero-order valence-electron chi connectivity index (χ0n) is 18.0. The monoisotopic (exact) mass is 427 g/mol.